The van der Waals surface area contributed by atoms with Crippen molar-refractivity contribution in [2.24, 2.45) is 0 Å². The van der Waals surface area contributed by atoms with Crippen molar-refractivity contribution in [3.05, 3.63) is 73.3 Å². The molecule has 2 heterocycles. The number of sulfonamides is 1. The highest BCUT2D eigenvalue weighted by molar-refractivity contribution is 7.92. The molecule has 4 rings (SSSR count). The Hall–Kier alpha value is -4.12. The Morgan fingerprint density at radius 3 is 2.41 bits per heavy atom. The topological polar surface area (TPSA) is 117 Å². The lowest BCUT2D eigenvalue weighted by molar-refractivity contribution is 0.322. The minimum atomic E-state index is -3.94. The Bertz CT molecular complexity index is 1340. The first-order valence-electron chi connectivity index (χ1n) is 10.5. The molecule has 0 radical (unpaired) electrons. The summed E-state index contributed by atoms with van der Waals surface area (Å²) in [4.78, 5) is 8.26. The molecule has 176 valence electrons. The third kappa shape index (κ3) is 5.44. The standard InChI is InChI=1S/C23H23N5O5S/c1-3-31-19-10-11-20(32-4-2)21(14-19)34(29,30)27-17-6-8-18(9-7-17)33-23-15-22(24-16-25-23)28-13-5-12-26-28/h5-16,27H,3-4H2,1-2H3. The van der Waals surface area contributed by atoms with E-state index in [1.807, 2.05) is 6.92 Å². The minimum absolute atomic E-state index is 0.00670. The maximum absolute atomic E-state index is 13.1. The van der Waals surface area contributed by atoms with Gasteiger partial charge in [0.25, 0.3) is 10.0 Å². The van der Waals surface area contributed by atoms with Gasteiger partial charge < -0.3 is 14.2 Å². The van der Waals surface area contributed by atoms with Crippen LogP contribution >= 0.6 is 0 Å². The van der Waals surface area contributed by atoms with Crippen LogP contribution in [-0.2, 0) is 10.0 Å². The third-order valence-corrected chi connectivity index (χ3v) is 5.91. The first-order chi connectivity index (χ1) is 16.5. The lowest BCUT2D eigenvalue weighted by Crippen LogP contribution is -2.14. The zero-order valence-electron chi connectivity index (χ0n) is 18.6. The van der Waals surface area contributed by atoms with Gasteiger partial charge in [-0.1, -0.05) is 0 Å². The van der Waals surface area contributed by atoms with Gasteiger partial charge in [-0.2, -0.15) is 5.10 Å². The van der Waals surface area contributed by atoms with Gasteiger partial charge in [-0.25, -0.2) is 23.1 Å². The minimum Gasteiger partial charge on any atom is -0.494 e. The van der Waals surface area contributed by atoms with E-state index in [0.29, 0.717) is 42.1 Å². The molecule has 10 nitrogen and oxygen atoms in total. The Morgan fingerprint density at radius 1 is 0.941 bits per heavy atom. The number of nitrogens with zero attached hydrogens (tertiary/aromatic N) is 4. The van der Waals surface area contributed by atoms with Crippen molar-refractivity contribution in [2.75, 3.05) is 17.9 Å². The van der Waals surface area contributed by atoms with Crippen LogP contribution in [-0.4, -0.2) is 41.4 Å². The van der Waals surface area contributed by atoms with Gasteiger partial charge in [0.2, 0.25) is 5.88 Å². The van der Waals surface area contributed by atoms with Crippen LogP contribution in [0.25, 0.3) is 5.82 Å². The lowest BCUT2D eigenvalue weighted by Gasteiger charge is -2.14. The zero-order chi connectivity index (χ0) is 24.0. The zero-order valence-corrected chi connectivity index (χ0v) is 19.4. The summed E-state index contributed by atoms with van der Waals surface area (Å²) in [5.74, 6) is 2.03. The number of hydrogen-bond donors (Lipinski definition) is 1. The lowest BCUT2D eigenvalue weighted by atomic mass is 10.3. The maximum Gasteiger partial charge on any atom is 0.265 e. The molecule has 2 aromatic heterocycles. The van der Waals surface area contributed by atoms with Crippen molar-refractivity contribution in [1.29, 1.82) is 0 Å². The van der Waals surface area contributed by atoms with Crippen molar-refractivity contribution in [3.8, 4) is 28.9 Å². The van der Waals surface area contributed by atoms with E-state index in [0.717, 1.165) is 0 Å². The maximum atomic E-state index is 13.1. The van der Waals surface area contributed by atoms with Crippen LogP contribution in [0.4, 0.5) is 5.69 Å². The largest absolute Gasteiger partial charge is 0.494 e. The second kappa shape index (κ2) is 10.2. The van der Waals surface area contributed by atoms with E-state index in [9.17, 15) is 8.42 Å². The van der Waals surface area contributed by atoms with E-state index in [2.05, 4.69) is 19.8 Å². The molecule has 0 saturated carbocycles. The van der Waals surface area contributed by atoms with E-state index in [1.54, 1.807) is 72.5 Å². The van der Waals surface area contributed by atoms with Crippen molar-refractivity contribution >= 4 is 15.7 Å². The van der Waals surface area contributed by atoms with Crippen LogP contribution in [0.5, 0.6) is 23.1 Å². The van der Waals surface area contributed by atoms with Crippen molar-refractivity contribution in [3.63, 3.8) is 0 Å². The molecule has 0 aliphatic carbocycles. The number of aromatic nitrogens is 4. The number of benzene rings is 2. The van der Waals surface area contributed by atoms with Gasteiger partial charge in [-0.15, -0.1) is 0 Å². The van der Waals surface area contributed by atoms with Crippen LogP contribution < -0.4 is 18.9 Å². The SMILES string of the molecule is CCOc1ccc(OCC)c(S(=O)(=O)Nc2ccc(Oc3cc(-n4cccn4)ncn3)cc2)c1. The predicted molar refractivity (Wildman–Crippen MR) is 125 cm³/mol. The van der Waals surface area contributed by atoms with Crippen molar-refractivity contribution in [1.82, 2.24) is 19.7 Å². The molecular weight excluding hydrogens is 458 g/mol. The monoisotopic (exact) mass is 481 g/mol. The summed E-state index contributed by atoms with van der Waals surface area (Å²) in [5, 5.41) is 4.13. The molecule has 4 aromatic rings. The van der Waals surface area contributed by atoms with Gasteiger partial charge in [-0.3, -0.25) is 4.72 Å². The Kier molecular flexibility index (Phi) is 6.93. The first-order valence-corrected chi connectivity index (χ1v) is 12.0. The molecule has 11 heteroatoms. The van der Waals surface area contributed by atoms with Crippen molar-refractivity contribution in [2.45, 2.75) is 18.7 Å². The molecule has 2 aromatic carbocycles. The van der Waals surface area contributed by atoms with Gasteiger partial charge in [0.15, 0.2) is 5.82 Å². The van der Waals surface area contributed by atoms with Crippen LogP contribution in [0.3, 0.4) is 0 Å². The summed E-state index contributed by atoms with van der Waals surface area (Å²) in [6.45, 7) is 4.35. The summed E-state index contributed by atoms with van der Waals surface area (Å²) >= 11 is 0. The molecule has 0 unspecified atom stereocenters. The van der Waals surface area contributed by atoms with E-state index < -0.39 is 10.0 Å². The summed E-state index contributed by atoms with van der Waals surface area (Å²) < 4.78 is 47.0. The van der Waals surface area contributed by atoms with E-state index in [-0.39, 0.29) is 10.6 Å². The second-order valence-corrected chi connectivity index (χ2v) is 8.52. The average molecular weight is 482 g/mol. The van der Waals surface area contributed by atoms with Gasteiger partial charge in [0.05, 0.1) is 13.2 Å². The highest BCUT2D eigenvalue weighted by atomic mass is 32.2. The number of ether oxygens (including phenoxy) is 3. The molecule has 1 N–H and O–H groups in total. The fourth-order valence-corrected chi connectivity index (χ4v) is 4.29. The molecule has 0 atom stereocenters. The van der Waals surface area contributed by atoms with Gasteiger partial charge in [-0.05, 0) is 56.3 Å². The predicted octanol–water partition coefficient (Wildman–Crippen LogP) is 4.05. The normalized spacial score (nSPS) is 11.1. The molecule has 34 heavy (non-hydrogen) atoms. The molecule has 0 aliphatic rings. The molecule has 0 aliphatic heterocycles. The van der Waals surface area contributed by atoms with Gasteiger partial charge in [0, 0.05) is 30.2 Å². The third-order valence-electron chi connectivity index (χ3n) is 4.51. The Labute approximate surface area is 197 Å². The highest BCUT2D eigenvalue weighted by Crippen LogP contribution is 2.31. The van der Waals surface area contributed by atoms with Crippen LogP contribution in [0.2, 0.25) is 0 Å². The van der Waals surface area contributed by atoms with Gasteiger partial charge in [0.1, 0.15) is 28.5 Å². The fraction of sp³-hybridized carbons (Fsp3) is 0.174. The fourth-order valence-electron chi connectivity index (χ4n) is 3.07. The van der Waals surface area contributed by atoms with Crippen molar-refractivity contribution < 1.29 is 22.6 Å². The summed E-state index contributed by atoms with van der Waals surface area (Å²) in [6, 6.07) is 14.6. The molecule has 0 spiro atoms. The van der Waals surface area contributed by atoms with Gasteiger partial charge >= 0.3 is 0 Å². The molecular formula is C23H23N5O5S. The van der Waals surface area contributed by atoms with E-state index in [1.165, 1.54) is 12.4 Å². The van der Waals surface area contributed by atoms with E-state index >= 15 is 0 Å². The highest BCUT2D eigenvalue weighted by Gasteiger charge is 2.21. The first kappa shape index (κ1) is 23.1. The smallest absolute Gasteiger partial charge is 0.265 e. The quantitative estimate of drug-likeness (QED) is 0.360. The Morgan fingerprint density at radius 2 is 1.71 bits per heavy atom. The summed E-state index contributed by atoms with van der Waals surface area (Å²) in [6.07, 6.45) is 4.78. The van der Waals surface area contributed by atoms with Crippen LogP contribution in [0, 0.1) is 0 Å². The number of anilines is 1. The molecule has 0 amide bonds. The molecule has 0 saturated heterocycles. The average Bonchev–Trinajstić information content (AvgIpc) is 3.37. The van der Waals surface area contributed by atoms with E-state index in [4.69, 9.17) is 14.2 Å². The number of rotatable bonds is 10. The summed E-state index contributed by atoms with van der Waals surface area (Å²) in [5.41, 5.74) is 0.358. The molecule has 0 bridgehead atoms. The van der Waals surface area contributed by atoms with Crippen LogP contribution in [0.15, 0.2) is 78.2 Å². The molecule has 0 fully saturated rings. The number of hydrogen-bond acceptors (Lipinski definition) is 8. The summed E-state index contributed by atoms with van der Waals surface area (Å²) in [7, 11) is -3.94. The Balaban J connectivity index is 1.51. The second-order valence-electron chi connectivity index (χ2n) is 6.87. The van der Waals surface area contributed by atoms with Crippen LogP contribution in [0.1, 0.15) is 13.8 Å². The number of nitrogens with one attached hydrogen (secondary N) is 1.